The first-order chi connectivity index (χ1) is 8.33. The second-order valence-electron chi connectivity index (χ2n) is 4.46. The van der Waals surface area contributed by atoms with Crippen LogP contribution in [0, 0.1) is 11.7 Å². The summed E-state index contributed by atoms with van der Waals surface area (Å²) in [5.41, 5.74) is 0. The third-order valence-corrected chi connectivity index (χ3v) is 4.07. The normalized spacial score (nSPS) is 13.8. The highest BCUT2D eigenvalue weighted by Crippen LogP contribution is 2.11. The van der Waals surface area contributed by atoms with Crippen molar-refractivity contribution in [3.63, 3.8) is 0 Å². The molecule has 0 amide bonds. The first-order valence-corrected chi connectivity index (χ1v) is 7.24. The van der Waals surface area contributed by atoms with E-state index in [9.17, 15) is 17.9 Å². The van der Waals surface area contributed by atoms with Gasteiger partial charge < -0.3 is 5.11 Å². The fraction of sp³-hybridized carbons (Fsp3) is 0.500. The number of aliphatic hydroxyl groups excluding tert-OH is 1. The van der Waals surface area contributed by atoms with Crippen LogP contribution in [0.4, 0.5) is 4.39 Å². The molecule has 2 N–H and O–H groups in total. The number of benzene rings is 1. The standard InChI is InChI=1S/C12H18FNO3S/c1-9(2)12(15)6-7-14-18(16,17)11-5-3-4-10(13)8-11/h3-5,8-9,12,14-15H,6-7H2,1-2H3. The largest absolute Gasteiger partial charge is 0.393 e. The molecule has 0 spiro atoms. The number of sulfonamides is 1. The van der Waals surface area contributed by atoms with Gasteiger partial charge in [0.2, 0.25) is 10.0 Å². The summed E-state index contributed by atoms with van der Waals surface area (Å²) in [6.45, 7) is 3.83. The van der Waals surface area contributed by atoms with Gasteiger partial charge in [0.25, 0.3) is 0 Å². The number of nitrogens with one attached hydrogen (secondary N) is 1. The Morgan fingerprint density at radius 2 is 2.06 bits per heavy atom. The second kappa shape index (κ2) is 6.26. The van der Waals surface area contributed by atoms with Crippen molar-refractivity contribution in [2.75, 3.05) is 6.54 Å². The maximum absolute atomic E-state index is 12.9. The van der Waals surface area contributed by atoms with Crippen molar-refractivity contribution in [1.82, 2.24) is 4.72 Å². The molecule has 0 fully saturated rings. The van der Waals surface area contributed by atoms with E-state index >= 15 is 0 Å². The van der Waals surface area contributed by atoms with Crippen LogP contribution in [0.1, 0.15) is 20.3 Å². The fourth-order valence-electron chi connectivity index (χ4n) is 1.39. The van der Waals surface area contributed by atoms with Gasteiger partial charge in [-0.3, -0.25) is 0 Å². The first-order valence-electron chi connectivity index (χ1n) is 5.76. The molecule has 0 aromatic heterocycles. The van der Waals surface area contributed by atoms with E-state index in [2.05, 4.69) is 4.72 Å². The average molecular weight is 275 g/mol. The van der Waals surface area contributed by atoms with Crippen molar-refractivity contribution in [2.24, 2.45) is 5.92 Å². The Hall–Kier alpha value is -0.980. The Balaban J connectivity index is 2.61. The van der Waals surface area contributed by atoms with Crippen LogP contribution < -0.4 is 4.72 Å². The minimum Gasteiger partial charge on any atom is -0.393 e. The maximum atomic E-state index is 12.9. The summed E-state index contributed by atoms with van der Waals surface area (Å²) in [5, 5.41) is 9.54. The van der Waals surface area contributed by atoms with E-state index in [1.165, 1.54) is 18.2 Å². The molecule has 0 saturated heterocycles. The Morgan fingerprint density at radius 1 is 1.39 bits per heavy atom. The number of hydrogen-bond acceptors (Lipinski definition) is 3. The lowest BCUT2D eigenvalue weighted by Crippen LogP contribution is -2.28. The molecular formula is C12H18FNO3S. The van der Waals surface area contributed by atoms with Gasteiger partial charge in [0.15, 0.2) is 0 Å². The van der Waals surface area contributed by atoms with E-state index in [0.29, 0.717) is 6.42 Å². The molecule has 0 radical (unpaired) electrons. The highest BCUT2D eigenvalue weighted by Gasteiger charge is 2.15. The van der Waals surface area contributed by atoms with E-state index in [-0.39, 0.29) is 17.4 Å². The van der Waals surface area contributed by atoms with Crippen LogP contribution in [0.3, 0.4) is 0 Å². The van der Waals surface area contributed by atoms with Gasteiger partial charge in [-0.05, 0) is 30.5 Å². The molecular weight excluding hydrogens is 257 g/mol. The molecule has 0 aliphatic rings. The van der Waals surface area contributed by atoms with Crippen LogP contribution in [-0.2, 0) is 10.0 Å². The van der Waals surface area contributed by atoms with Crippen molar-refractivity contribution >= 4 is 10.0 Å². The lowest BCUT2D eigenvalue weighted by Gasteiger charge is -2.14. The van der Waals surface area contributed by atoms with Gasteiger partial charge in [0, 0.05) is 6.54 Å². The summed E-state index contributed by atoms with van der Waals surface area (Å²) >= 11 is 0. The van der Waals surface area contributed by atoms with Gasteiger partial charge in [-0.2, -0.15) is 0 Å². The van der Waals surface area contributed by atoms with Crippen molar-refractivity contribution in [3.8, 4) is 0 Å². The highest BCUT2D eigenvalue weighted by atomic mass is 32.2. The molecule has 6 heteroatoms. The third kappa shape index (κ3) is 4.36. The van der Waals surface area contributed by atoms with Gasteiger partial charge in [0.05, 0.1) is 11.0 Å². The van der Waals surface area contributed by atoms with Crippen LogP contribution in [0.2, 0.25) is 0 Å². The molecule has 0 aliphatic carbocycles. The molecule has 1 atom stereocenters. The molecule has 0 heterocycles. The lowest BCUT2D eigenvalue weighted by molar-refractivity contribution is 0.118. The number of halogens is 1. The maximum Gasteiger partial charge on any atom is 0.240 e. The summed E-state index contributed by atoms with van der Waals surface area (Å²) in [7, 11) is -3.71. The average Bonchev–Trinajstić information content (AvgIpc) is 2.28. The van der Waals surface area contributed by atoms with E-state index in [1.54, 1.807) is 0 Å². The van der Waals surface area contributed by atoms with Gasteiger partial charge >= 0.3 is 0 Å². The molecule has 1 aromatic rings. The number of rotatable bonds is 6. The predicted octanol–water partition coefficient (Wildman–Crippen LogP) is 1.51. The summed E-state index contributed by atoms with van der Waals surface area (Å²) in [5.74, 6) is -0.524. The molecule has 102 valence electrons. The number of aliphatic hydroxyl groups is 1. The molecule has 0 saturated carbocycles. The van der Waals surface area contributed by atoms with Crippen molar-refractivity contribution < 1.29 is 17.9 Å². The molecule has 1 rings (SSSR count). The zero-order valence-corrected chi connectivity index (χ0v) is 11.2. The van der Waals surface area contributed by atoms with Crippen molar-refractivity contribution in [3.05, 3.63) is 30.1 Å². The Morgan fingerprint density at radius 3 is 2.61 bits per heavy atom. The summed E-state index contributed by atoms with van der Waals surface area (Å²) < 4.78 is 38.8. The SMILES string of the molecule is CC(C)C(O)CCNS(=O)(=O)c1cccc(F)c1. The predicted molar refractivity (Wildman–Crippen MR) is 67.1 cm³/mol. The summed E-state index contributed by atoms with van der Waals surface area (Å²) in [6, 6.07) is 4.81. The van der Waals surface area contributed by atoms with E-state index in [1.807, 2.05) is 13.8 Å². The molecule has 18 heavy (non-hydrogen) atoms. The monoisotopic (exact) mass is 275 g/mol. The van der Waals surface area contributed by atoms with Crippen LogP contribution in [-0.4, -0.2) is 26.2 Å². The third-order valence-electron chi connectivity index (χ3n) is 2.61. The molecule has 1 unspecified atom stereocenters. The van der Waals surface area contributed by atoms with Gasteiger partial charge in [0.1, 0.15) is 5.82 Å². The topological polar surface area (TPSA) is 66.4 Å². The van der Waals surface area contributed by atoms with Crippen LogP contribution in [0.5, 0.6) is 0 Å². The first kappa shape index (κ1) is 15.1. The zero-order chi connectivity index (χ0) is 13.8. The van der Waals surface area contributed by atoms with E-state index < -0.39 is 21.9 Å². The quantitative estimate of drug-likeness (QED) is 0.827. The lowest BCUT2D eigenvalue weighted by atomic mass is 10.1. The minimum absolute atomic E-state index is 0.0728. The zero-order valence-electron chi connectivity index (χ0n) is 10.4. The fourth-order valence-corrected chi connectivity index (χ4v) is 2.47. The Kier molecular flexibility index (Phi) is 5.25. The smallest absolute Gasteiger partial charge is 0.240 e. The minimum atomic E-state index is -3.71. The van der Waals surface area contributed by atoms with Crippen LogP contribution in [0.15, 0.2) is 29.2 Å². The van der Waals surface area contributed by atoms with Gasteiger partial charge in [-0.1, -0.05) is 19.9 Å². The molecule has 0 aliphatic heterocycles. The molecule has 1 aromatic carbocycles. The van der Waals surface area contributed by atoms with E-state index in [0.717, 1.165) is 6.07 Å². The number of hydrogen-bond donors (Lipinski definition) is 2. The van der Waals surface area contributed by atoms with Gasteiger partial charge in [-0.15, -0.1) is 0 Å². The van der Waals surface area contributed by atoms with Crippen LogP contribution >= 0.6 is 0 Å². The van der Waals surface area contributed by atoms with Gasteiger partial charge in [-0.25, -0.2) is 17.5 Å². The molecule has 4 nitrogen and oxygen atoms in total. The Bertz CT molecular complexity index is 488. The van der Waals surface area contributed by atoms with Crippen LogP contribution in [0.25, 0.3) is 0 Å². The Labute approximate surface area is 107 Å². The second-order valence-corrected chi connectivity index (χ2v) is 6.22. The summed E-state index contributed by atoms with van der Waals surface area (Å²) in [4.78, 5) is -0.110. The highest BCUT2D eigenvalue weighted by molar-refractivity contribution is 7.89. The molecule has 0 bridgehead atoms. The van der Waals surface area contributed by atoms with Crippen molar-refractivity contribution in [1.29, 1.82) is 0 Å². The van der Waals surface area contributed by atoms with Crippen molar-refractivity contribution in [2.45, 2.75) is 31.3 Å². The summed E-state index contributed by atoms with van der Waals surface area (Å²) in [6.07, 6.45) is -0.230. The van der Waals surface area contributed by atoms with E-state index in [4.69, 9.17) is 0 Å².